The second-order valence-electron chi connectivity index (χ2n) is 13.5. The second-order valence-corrected chi connectivity index (χ2v) is 14.6. The van der Waals surface area contributed by atoms with Crippen LogP contribution in [-0.4, -0.2) is 96.2 Å². The van der Waals surface area contributed by atoms with Crippen LogP contribution in [0, 0.1) is 0 Å². The van der Waals surface area contributed by atoms with Gasteiger partial charge in [-0.1, -0.05) is 24.3 Å². The van der Waals surface area contributed by atoms with Crippen molar-refractivity contribution in [2.75, 3.05) is 68.6 Å². The fourth-order valence-corrected chi connectivity index (χ4v) is 7.19. The van der Waals surface area contributed by atoms with Crippen molar-refractivity contribution in [1.29, 1.82) is 0 Å². The average molecular weight is 808 g/mol. The van der Waals surface area contributed by atoms with Gasteiger partial charge in [-0.15, -0.1) is 0 Å². The molecule has 1 saturated heterocycles. The van der Waals surface area contributed by atoms with Gasteiger partial charge >= 0.3 is 6.18 Å². The number of aromatic nitrogens is 1. The molecule has 1 aromatic heterocycles. The molecule has 1 aliphatic rings. The lowest BCUT2D eigenvalue weighted by Crippen LogP contribution is -2.36. The summed E-state index contributed by atoms with van der Waals surface area (Å²) in [6, 6.07) is 21.0. The number of alkyl halides is 3. The molecule has 0 atom stereocenters. The molecule has 0 bridgehead atoms. The highest BCUT2D eigenvalue weighted by Crippen LogP contribution is 2.34. The quantitative estimate of drug-likeness (QED) is 0.0793. The molecule has 0 spiro atoms. The highest BCUT2D eigenvalue weighted by Gasteiger charge is 2.30. The van der Waals surface area contributed by atoms with Gasteiger partial charge in [0.05, 0.1) is 49.8 Å². The Kier molecular flexibility index (Phi) is 16.3. The Morgan fingerprint density at radius 1 is 0.842 bits per heavy atom. The van der Waals surface area contributed by atoms with Crippen molar-refractivity contribution >= 4 is 40.9 Å². The molecular weight excluding hydrogens is 760 g/mol. The zero-order valence-corrected chi connectivity index (χ0v) is 32.4. The summed E-state index contributed by atoms with van der Waals surface area (Å²) in [5.74, 6) is 0.308. The number of hydrogen-bond acceptors (Lipinski definition) is 9. The van der Waals surface area contributed by atoms with Gasteiger partial charge in [-0.05, 0) is 85.0 Å². The Morgan fingerprint density at radius 2 is 1.58 bits per heavy atom. The van der Waals surface area contributed by atoms with Gasteiger partial charge in [0.2, 0.25) is 5.91 Å². The maximum absolute atomic E-state index is 13.7. The summed E-state index contributed by atoms with van der Waals surface area (Å²) in [6.07, 6.45) is 0.440. The number of anilines is 2. The number of aliphatic hydroxyl groups is 2. The molecule has 0 radical (unpaired) electrons. The van der Waals surface area contributed by atoms with Crippen LogP contribution in [0.4, 0.5) is 24.5 Å². The van der Waals surface area contributed by atoms with Crippen LogP contribution in [0.2, 0.25) is 0 Å². The Hall–Kier alpha value is -4.96. The summed E-state index contributed by atoms with van der Waals surface area (Å²) in [6.45, 7) is 2.35. The Bertz CT molecular complexity index is 1950. The summed E-state index contributed by atoms with van der Waals surface area (Å²) in [4.78, 5) is 47.4. The number of benzene rings is 3. The molecule has 1 fully saturated rings. The lowest BCUT2D eigenvalue weighted by Gasteiger charge is -2.29. The average Bonchev–Trinajstić information content (AvgIpc) is 3.22. The van der Waals surface area contributed by atoms with Crippen molar-refractivity contribution in [2.45, 2.75) is 44.2 Å². The lowest BCUT2D eigenvalue weighted by molar-refractivity contribution is -0.137. The predicted octanol–water partition coefficient (Wildman–Crippen LogP) is 6.39. The number of nitrogens with one attached hydrogen (secondary N) is 2. The highest BCUT2D eigenvalue weighted by atomic mass is 32.2. The molecule has 0 aliphatic carbocycles. The van der Waals surface area contributed by atoms with E-state index in [1.807, 2.05) is 36.4 Å². The molecule has 304 valence electrons. The van der Waals surface area contributed by atoms with Crippen LogP contribution < -0.4 is 15.5 Å². The van der Waals surface area contributed by atoms with Gasteiger partial charge in [-0.3, -0.25) is 19.4 Å². The fraction of sp³-hybridized carbons (Fsp3) is 0.381. The Morgan fingerprint density at radius 3 is 2.33 bits per heavy atom. The Labute approximate surface area is 334 Å². The number of halogens is 3. The number of pyridine rings is 1. The largest absolute Gasteiger partial charge is 0.416 e. The summed E-state index contributed by atoms with van der Waals surface area (Å²) < 4.78 is 45.3. The number of aliphatic hydroxyl groups excluding tert-OH is 2. The van der Waals surface area contributed by atoms with E-state index in [0.29, 0.717) is 46.2 Å². The summed E-state index contributed by atoms with van der Waals surface area (Å²) in [5, 5.41) is 24.0. The number of ether oxygens (including phenoxy) is 1. The first-order valence-corrected chi connectivity index (χ1v) is 20.1. The minimum absolute atomic E-state index is 0.0991. The third-order valence-electron chi connectivity index (χ3n) is 9.36. The van der Waals surface area contributed by atoms with E-state index >= 15 is 0 Å². The number of piperidine rings is 1. The van der Waals surface area contributed by atoms with Gasteiger partial charge < -0.3 is 35.4 Å². The standard InChI is InChI=1S/C42H48F3N5O6S/c43-42(44,45)34-9-5-6-30(25-34)28-47-40(54)33-12-14-46-38(26-33)36-27-35(49-15-2-1-3-16-49)10-11-37(36)48-41(55)32-8-4-7-31(24-32)29-57-23-22-56-21-13-39(53)50(17-19-51)18-20-52/h4-12,14,24-27,51-52H,1-3,13,15-23,28-29H2,(H,47,54)(H,48,55). The molecule has 1 aliphatic heterocycles. The molecule has 4 N–H and O–H groups in total. The van der Waals surface area contributed by atoms with Crippen molar-refractivity contribution in [1.82, 2.24) is 15.2 Å². The maximum atomic E-state index is 13.7. The van der Waals surface area contributed by atoms with Crippen LogP contribution in [0.5, 0.6) is 0 Å². The van der Waals surface area contributed by atoms with Crippen LogP contribution in [-0.2, 0) is 28.0 Å². The number of rotatable bonds is 19. The van der Waals surface area contributed by atoms with Gasteiger partial charge in [0.25, 0.3) is 11.8 Å². The van der Waals surface area contributed by atoms with Crippen molar-refractivity contribution in [2.24, 2.45) is 0 Å². The lowest BCUT2D eigenvalue weighted by atomic mass is 10.0. The smallest absolute Gasteiger partial charge is 0.395 e. The van der Waals surface area contributed by atoms with E-state index in [-0.39, 0.29) is 63.3 Å². The predicted molar refractivity (Wildman–Crippen MR) is 215 cm³/mol. The van der Waals surface area contributed by atoms with Crippen LogP contribution in [0.1, 0.15) is 63.1 Å². The monoisotopic (exact) mass is 807 g/mol. The normalized spacial score (nSPS) is 13.0. The van der Waals surface area contributed by atoms with E-state index in [9.17, 15) is 27.6 Å². The van der Waals surface area contributed by atoms with Gasteiger partial charge in [-0.25, -0.2) is 0 Å². The SMILES string of the molecule is O=C(NCc1cccc(C(F)(F)F)c1)c1ccnc(-c2cc(N3CCCCC3)ccc2NC(=O)c2cccc(CSCCOCCC(=O)N(CCO)CCO)c2)c1. The van der Waals surface area contributed by atoms with Crippen LogP contribution in [0.15, 0.2) is 85.1 Å². The first-order valence-electron chi connectivity index (χ1n) is 18.9. The van der Waals surface area contributed by atoms with Gasteiger partial charge in [0, 0.05) is 72.8 Å². The minimum Gasteiger partial charge on any atom is -0.395 e. The summed E-state index contributed by atoms with van der Waals surface area (Å²) in [7, 11) is 0. The number of thioether (sulfide) groups is 1. The van der Waals surface area contributed by atoms with E-state index in [1.165, 1.54) is 29.3 Å². The molecule has 5 rings (SSSR count). The molecular formula is C42H48F3N5O6S. The molecule has 0 unspecified atom stereocenters. The zero-order chi connectivity index (χ0) is 40.6. The molecule has 2 heterocycles. The van der Waals surface area contributed by atoms with E-state index in [4.69, 9.17) is 14.9 Å². The summed E-state index contributed by atoms with van der Waals surface area (Å²) in [5.41, 5.74) is 3.71. The third-order valence-corrected chi connectivity index (χ3v) is 10.4. The number of hydrogen-bond donors (Lipinski definition) is 4. The van der Waals surface area contributed by atoms with Gasteiger partial charge in [0.1, 0.15) is 0 Å². The topological polar surface area (TPSA) is 144 Å². The van der Waals surface area contributed by atoms with Crippen molar-refractivity contribution in [3.8, 4) is 11.3 Å². The third kappa shape index (κ3) is 13.0. The first-order chi connectivity index (χ1) is 27.5. The zero-order valence-electron chi connectivity index (χ0n) is 31.6. The summed E-state index contributed by atoms with van der Waals surface area (Å²) >= 11 is 1.63. The maximum Gasteiger partial charge on any atom is 0.416 e. The molecule has 3 amide bonds. The Balaban J connectivity index is 1.23. The van der Waals surface area contributed by atoms with E-state index in [2.05, 4.69) is 20.5 Å². The van der Waals surface area contributed by atoms with E-state index in [0.717, 1.165) is 55.7 Å². The van der Waals surface area contributed by atoms with E-state index < -0.39 is 17.6 Å². The van der Waals surface area contributed by atoms with Gasteiger partial charge in [-0.2, -0.15) is 24.9 Å². The van der Waals surface area contributed by atoms with Crippen LogP contribution in [0.25, 0.3) is 11.3 Å². The molecule has 11 nitrogen and oxygen atoms in total. The van der Waals surface area contributed by atoms with Crippen LogP contribution in [0.3, 0.4) is 0 Å². The fourth-order valence-electron chi connectivity index (χ4n) is 6.39. The van der Waals surface area contributed by atoms with Crippen molar-refractivity contribution in [3.05, 3.63) is 113 Å². The molecule has 0 saturated carbocycles. The molecule has 15 heteroatoms. The van der Waals surface area contributed by atoms with Gasteiger partial charge in [0.15, 0.2) is 0 Å². The van der Waals surface area contributed by atoms with Crippen molar-refractivity contribution in [3.63, 3.8) is 0 Å². The number of amides is 3. The van der Waals surface area contributed by atoms with Crippen molar-refractivity contribution < 1.29 is 42.5 Å². The van der Waals surface area contributed by atoms with E-state index in [1.54, 1.807) is 23.9 Å². The molecule has 3 aromatic carbocycles. The first kappa shape index (κ1) is 43.2. The number of nitrogens with zero attached hydrogens (tertiary/aromatic N) is 3. The second kappa shape index (κ2) is 21.5. The highest BCUT2D eigenvalue weighted by molar-refractivity contribution is 7.98. The molecule has 57 heavy (non-hydrogen) atoms. The van der Waals surface area contributed by atoms with Crippen LogP contribution >= 0.6 is 11.8 Å². The molecule has 4 aromatic rings. The number of carbonyl (C=O) groups excluding carboxylic acids is 3. The minimum atomic E-state index is -4.49. The number of carbonyl (C=O) groups is 3.